The summed E-state index contributed by atoms with van der Waals surface area (Å²) in [6.45, 7) is 8.35. The molecule has 0 radical (unpaired) electrons. The standard InChI is InChI=1S/C25H36N6OS/c1-18-11-14-30(15-12-18)22-16-23(31-13-5-4-6-19(31)2)28-24(27-22)29-25(33)26-17-20-7-9-21(32-3)10-8-20/h7-10,16,18-19H,4-6,11-15,17H2,1-3H3,(H2,26,27,28,29,33). The van der Waals surface area contributed by atoms with Crippen molar-refractivity contribution in [2.75, 3.05) is 41.9 Å². The Morgan fingerprint density at radius 2 is 1.76 bits per heavy atom. The molecule has 1 aromatic heterocycles. The Balaban J connectivity index is 1.48. The van der Waals surface area contributed by atoms with Gasteiger partial charge in [-0.1, -0.05) is 19.1 Å². The third-order valence-corrected chi connectivity index (χ3v) is 6.99. The second-order valence-electron chi connectivity index (χ2n) is 9.27. The minimum Gasteiger partial charge on any atom is -0.497 e. The summed E-state index contributed by atoms with van der Waals surface area (Å²) in [5.41, 5.74) is 1.12. The Morgan fingerprint density at radius 3 is 2.45 bits per heavy atom. The van der Waals surface area contributed by atoms with Crippen molar-refractivity contribution < 1.29 is 4.74 Å². The molecule has 0 bridgehead atoms. The van der Waals surface area contributed by atoms with Gasteiger partial charge in [-0.15, -0.1) is 0 Å². The lowest BCUT2D eigenvalue weighted by Crippen LogP contribution is -2.39. The van der Waals surface area contributed by atoms with Crippen LogP contribution in [0, 0.1) is 5.92 Å². The van der Waals surface area contributed by atoms with Crippen LogP contribution in [0.25, 0.3) is 0 Å². The van der Waals surface area contributed by atoms with Crippen molar-refractivity contribution in [1.82, 2.24) is 15.3 Å². The fourth-order valence-corrected chi connectivity index (χ4v) is 4.70. The van der Waals surface area contributed by atoms with Crippen molar-refractivity contribution in [2.45, 2.75) is 58.5 Å². The Kier molecular flexibility index (Phi) is 7.85. The molecule has 7 nitrogen and oxygen atoms in total. The van der Waals surface area contributed by atoms with Crippen LogP contribution in [0.4, 0.5) is 17.6 Å². The van der Waals surface area contributed by atoms with Crippen LogP contribution in [0.1, 0.15) is 51.5 Å². The van der Waals surface area contributed by atoms with Crippen molar-refractivity contribution in [3.63, 3.8) is 0 Å². The van der Waals surface area contributed by atoms with E-state index in [9.17, 15) is 0 Å². The van der Waals surface area contributed by atoms with E-state index in [0.717, 1.165) is 48.5 Å². The van der Waals surface area contributed by atoms with Crippen LogP contribution in [0.2, 0.25) is 0 Å². The molecule has 178 valence electrons. The molecule has 0 spiro atoms. The molecule has 1 unspecified atom stereocenters. The molecule has 0 amide bonds. The molecule has 0 saturated carbocycles. The summed E-state index contributed by atoms with van der Waals surface area (Å²) in [7, 11) is 1.67. The molecule has 0 aliphatic carbocycles. The number of aromatic nitrogens is 2. The molecular formula is C25H36N6OS. The summed E-state index contributed by atoms with van der Waals surface area (Å²) in [5, 5.41) is 7.03. The maximum atomic E-state index is 5.57. The van der Waals surface area contributed by atoms with E-state index in [-0.39, 0.29) is 0 Å². The lowest BCUT2D eigenvalue weighted by molar-refractivity contribution is 0.414. The van der Waals surface area contributed by atoms with Gasteiger partial charge in [0.25, 0.3) is 0 Å². The minimum atomic E-state index is 0.482. The first-order valence-corrected chi connectivity index (χ1v) is 12.5. The third kappa shape index (κ3) is 6.25. The number of hydrogen-bond donors (Lipinski definition) is 2. The van der Waals surface area contributed by atoms with Crippen LogP contribution < -0.4 is 25.2 Å². The molecule has 33 heavy (non-hydrogen) atoms. The number of methoxy groups -OCH3 is 1. The lowest BCUT2D eigenvalue weighted by Gasteiger charge is -2.36. The molecule has 3 heterocycles. The molecule has 2 aromatic rings. The zero-order valence-corrected chi connectivity index (χ0v) is 20.8. The SMILES string of the molecule is COc1ccc(CNC(=S)Nc2nc(N3CCC(C)CC3)cc(N3CCCCC3C)n2)cc1. The van der Waals surface area contributed by atoms with Gasteiger partial charge in [-0.3, -0.25) is 0 Å². The van der Waals surface area contributed by atoms with Crippen LogP contribution in [0.5, 0.6) is 5.75 Å². The Bertz CT molecular complexity index is 929. The summed E-state index contributed by atoms with van der Waals surface area (Å²) in [6, 6.07) is 10.6. The monoisotopic (exact) mass is 468 g/mol. The summed E-state index contributed by atoms with van der Waals surface area (Å²) >= 11 is 5.57. The van der Waals surface area contributed by atoms with Crippen molar-refractivity contribution in [3.8, 4) is 5.75 Å². The summed E-state index contributed by atoms with van der Waals surface area (Å²) in [6.07, 6.45) is 6.08. The van der Waals surface area contributed by atoms with E-state index in [1.807, 2.05) is 24.3 Å². The predicted molar refractivity (Wildman–Crippen MR) is 139 cm³/mol. The number of anilines is 3. The molecule has 2 aliphatic rings. The molecule has 8 heteroatoms. The number of nitrogens with zero attached hydrogens (tertiary/aromatic N) is 4. The highest BCUT2D eigenvalue weighted by molar-refractivity contribution is 7.80. The maximum Gasteiger partial charge on any atom is 0.232 e. The van der Waals surface area contributed by atoms with Crippen LogP contribution in [0.3, 0.4) is 0 Å². The Hall–Kier alpha value is -2.61. The van der Waals surface area contributed by atoms with Crippen molar-refractivity contribution >= 4 is 34.9 Å². The molecular weight excluding hydrogens is 432 g/mol. The number of benzene rings is 1. The van der Waals surface area contributed by atoms with Gasteiger partial charge >= 0.3 is 0 Å². The Morgan fingerprint density at radius 1 is 1.03 bits per heavy atom. The summed E-state index contributed by atoms with van der Waals surface area (Å²) < 4.78 is 5.23. The van der Waals surface area contributed by atoms with Gasteiger partial charge in [-0.2, -0.15) is 9.97 Å². The van der Waals surface area contributed by atoms with E-state index in [2.05, 4.69) is 40.3 Å². The normalized spacial score (nSPS) is 19.3. The topological polar surface area (TPSA) is 65.6 Å². The van der Waals surface area contributed by atoms with Crippen molar-refractivity contribution in [1.29, 1.82) is 0 Å². The predicted octanol–water partition coefficient (Wildman–Crippen LogP) is 4.59. The summed E-state index contributed by atoms with van der Waals surface area (Å²) in [5.74, 6) is 4.16. The van der Waals surface area contributed by atoms with Gasteiger partial charge in [0.05, 0.1) is 7.11 Å². The number of nitrogens with one attached hydrogen (secondary N) is 2. The van der Waals surface area contributed by atoms with Gasteiger partial charge in [0, 0.05) is 38.3 Å². The van der Waals surface area contributed by atoms with Crippen LogP contribution in [-0.4, -0.2) is 47.9 Å². The van der Waals surface area contributed by atoms with E-state index < -0.39 is 0 Å². The van der Waals surface area contributed by atoms with E-state index in [1.54, 1.807) is 7.11 Å². The van der Waals surface area contributed by atoms with Crippen LogP contribution >= 0.6 is 12.2 Å². The van der Waals surface area contributed by atoms with E-state index in [4.69, 9.17) is 26.9 Å². The van der Waals surface area contributed by atoms with Gasteiger partial charge < -0.3 is 25.2 Å². The van der Waals surface area contributed by atoms with Gasteiger partial charge in [0.15, 0.2) is 5.11 Å². The minimum absolute atomic E-state index is 0.482. The molecule has 4 rings (SSSR count). The molecule has 2 fully saturated rings. The lowest BCUT2D eigenvalue weighted by atomic mass is 9.99. The largest absolute Gasteiger partial charge is 0.497 e. The zero-order chi connectivity index (χ0) is 23.2. The smallest absolute Gasteiger partial charge is 0.232 e. The van der Waals surface area contributed by atoms with E-state index in [1.165, 1.54) is 32.1 Å². The van der Waals surface area contributed by atoms with Gasteiger partial charge in [-0.25, -0.2) is 0 Å². The molecule has 2 saturated heterocycles. The van der Waals surface area contributed by atoms with Crippen LogP contribution in [0.15, 0.2) is 30.3 Å². The molecule has 2 N–H and O–H groups in total. The first-order valence-electron chi connectivity index (χ1n) is 12.1. The number of piperidine rings is 2. The van der Waals surface area contributed by atoms with E-state index in [0.29, 0.717) is 23.6 Å². The van der Waals surface area contributed by atoms with Gasteiger partial charge in [-0.05, 0) is 74.9 Å². The number of ether oxygens (including phenoxy) is 1. The van der Waals surface area contributed by atoms with E-state index >= 15 is 0 Å². The highest BCUT2D eigenvalue weighted by Crippen LogP contribution is 2.29. The van der Waals surface area contributed by atoms with Crippen LogP contribution in [-0.2, 0) is 6.54 Å². The highest BCUT2D eigenvalue weighted by Gasteiger charge is 2.24. The van der Waals surface area contributed by atoms with Crippen molar-refractivity contribution in [2.24, 2.45) is 5.92 Å². The average molecular weight is 469 g/mol. The van der Waals surface area contributed by atoms with Crippen molar-refractivity contribution in [3.05, 3.63) is 35.9 Å². The second kappa shape index (κ2) is 11.0. The molecule has 1 atom stereocenters. The second-order valence-corrected chi connectivity index (χ2v) is 9.68. The number of thiocarbonyl (C=S) groups is 1. The molecule has 2 aliphatic heterocycles. The quantitative estimate of drug-likeness (QED) is 0.597. The fourth-order valence-electron chi connectivity index (χ4n) is 4.53. The van der Waals surface area contributed by atoms with Gasteiger partial charge in [0.2, 0.25) is 5.95 Å². The number of hydrogen-bond acceptors (Lipinski definition) is 6. The zero-order valence-electron chi connectivity index (χ0n) is 20.0. The third-order valence-electron chi connectivity index (χ3n) is 6.74. The first kappa shape index (κ1) is 23.5. The summed E-state index contributed by atoms with van der Waals surface area (Å²) in [4.78, 5) is 14.5. The van der Waals surface area contributed by atoms with Gasteiger partial charge in [0.1, 0.15) is 17.4 Å². The molecule has 1 aromatic carbocycles. The first-order chi connectivity index (χ1) is 16.0. The highest BCUT2D eigenvalue weighted by atomic mass is 32.1. The average Bonchev–Trinajstić information content (AvgIpc) is 2.83. The maximum absolute atomic E-state index is 5.57. The Labute approximate surface area is 202 Å². The fraction of sp³-hybridized carbons (Fsp3) is 0.560. The number of rotatable bonds is 6.